The SMILES string of the molecule is CCN1CCC(NS(=O)(=O)c2ccc(N)nc2)CC1. The van der Waals surface area contributed by atoms with E-state index in [1.54, 1.807) is 0 Å². The number of hydrogen-bond donors (Lipinski definition) is 2. The van der Waals surface area contributed by atoms with Crippen molar-refractivity contribution in [1.29, 1.82) is 0 Å². The Balaban J connectivity index is 2.00. The van der Waals surface area contributed by atoms with E-state index < -0.39 is 10.0 Å². The van der Waals surface area contributed by atoms with Crippen molar-refractivity contribution in [3.05, 3.63) is 18.3 Å². The largest absolute Gasteiger partial charge is 0.384 e. The highest BCUT2D eigenvalue weighted by atomic mass is 32.2. The van der Waals surface area contributed by atoms with E-state index in [0.29, 0.717) is 5.82 Å². The first-order chi connectivity index (χ1) is 9.01. The minimum absolute atomic E-state index is 0.00496. The standard InChI is InChI=1S/C12H20N4O2S/c1-2-16-7-5-10(6-8-16)15-19(17,18)11-3-4-12(13)14-9-11/h3-4,9-10,15H,2,5-8H2,1H3,(H2,13,14). The molecule has 6 nitrogen and oxygen atoms in total. The van der Waals surface area contributed by atoms with Gasteiger partial charge in [-0.1, -0.05) is 6.92 Å². The molecule has 0 saturated carbocycles. The second-order valence-electron chi connectivity index (χ2n) is 4.75. The first kappa shape index (κ1) is 14.2. The van der Waals surface area contributed by atoms with E-state index in [9.17, 15) is 8.42 Å². The van der Waals surface area contributed by atoms with Gasteiger partial charge in [0.15, 0.2) is 0 Å². The molecule has 1 aromatic rings. The van der Waals surface area contributed by atoms with Gasteiger partial charge >= 0.3 is 0 Å². The van der Waals surface area contributed by atoms with Crippen LogP contribution in [0.15, 0.2) is 23.2 Å². The summed E-state index contributed by atoms with van der Waals surface area (Å²) in [7, 11) is -3.49. The van der Waals surface area contributed by atoms with E-state index in [1.165, 1.54) is 18.3 Å². The predicted octanol–water partition coefficient (Wildman–Crippen LogP) is 0.426. The third-order valence-electron chi connectivity index (χ3n) is 3.43. The highest BCUT2D eigenvalue weighted by molar-refractivity contribution is 7.89. The predicted molar refractivity (Wildman–Crippen MR) is 74.1 cm³/mol. The Bertz CT molecular complexity index is 507. The molecule has 1 aliphatic rings. The van der Waals surface area contributed by atoms with Crippen molar-refractivity contribution in [3.8, 4) is 0 Å². The summed E-state index contributed by atoms with van der Waals surface area (Å²) in [6.07, 6.45) is 2.98. The summed E-state index contributed by atoms with van der Waals surface area (Å²) in [5.41, 5.74) is 5.45. The number of nitrogens with one attached hydrogen (secondary N) is 1. The summed E-state index contributed by atoms with van der Waals surface area (Å²) in [6.45, 7) is 5.00. The highest BCUT2D eigenvalue weighted by Crippen LogP contribution is 2.14. The Morgan fingerprint density at radius 3 is 2.63 bits per heavy atom. The van der Waals surface area contributed by atoms with Crippen LogP contribution in [-0.2, 0) is 10.0 Å². The maximum absolute atomic E-state index is 12.2. The van der Waals surface area contributed by atoms with Gasteiger partial charge in [-0.15, -0.1) is 0 Å². The molecular formula is C12H20N4O2S. The molecule has 1 aromatic heterocycles. The van der Waals surface area contributed by atoms with E-state index in [4.69, 9.17) is 5.73 Å². The zero-order valence-corrected chi connectivity index (χ0v) is 11.9. The number of nitrogens with two attached hydrogens (primary N) is 1. The molecule has 19 heavy (non-hydrogen) atoms. The Morgan fingerprint density at radius 1 is 1.42 bits per heavy atom. The van der Waals surface area contributed by atoms with E-state index in [0.717, 1.165) is 32.5 Å². The molecule has 106 valence electrons. The lowest BCUT2D eigenvalue weighted by atomic mass is 10.1. The molecular weight excluding hydrogens is 264 g/mol. The van der Waals surface area contributed by atoms with Gasteiger partial charge in [-0.05, 0) is 44.6 Å². The molecule has 0 aliphatic carbocycles. The van der Waals surface area contributed by atoms with Gasteiger partial charge in [-0.2, -0.15) is 0 Å². The smallest absolute Gasteiger partial charge is 0.242 e. The van der Waals surface area contributed by atoms with E-state index in [1.807, 2.05) is 0 Å². The number of pyridine rings is 1. The summed E-state index contributed by atoms with van der Waals surface area (Å²) < 4.78 is 27.1. The quantitative estimate of drug-likeness (QED) is 0.837. The van der Waals surface area contributed by atoms with Crippen molar-refractivity contribution >= 4 is 15.8 Å². The topological polar surface area (TPSA) is 88.3 Å². The molecule has 0 radical (unpaired) electrons. The number of aromatic nitrogens is 1. The van der Waals surface area contributed by atoms with Crippen LogP contribution in [0.5, 0.6) is 0 Å². The molecule has 1 saturated heterocycles. The number of nitrogens with zero attached hydrogens (tertiary/aromatic N) is 2. The van der Waals surface area contributed by atoms with Crippen molar-refractivity contribution in [3.63, 3.8) is 0 Å². The van der Waals surface area contributed by atoms with Crippen LogP contribution in [0.25, 0.3) is 0 Å². The molecule has 0 spiro atoms. The second-order valence-corrected chi connectivity index (χ2v) is 6.46. The van der Waals surface area contributed by atoms with E-state index in [-0.39, 0.29) is 10.9 Å². The number of nitrogen functional groups attached to an aromatic ring is 1. The minimum Gasteiger partial charge on any atom is -0.384 e. The summed E-state index contributed by atoms with van der Waals surface area (Å²) in [5.74, 6) is 0.315. The molecule has 0 amide bonds. The van der Waals surface area contributed by atoms with Crippen LogP contribution in [0.2, 0.25) is 0 Å². The third-order valence-corrected chi connectivity index (χ3v) is 4.93. The Morgan fingerprint density at radius 2 is 2.11 bits per heavy atom. The lowest BCUT2D eigenvalue weighted by molar-refractivity contribution is 0.217. The van der Waals surface area contributed by atoms with Crippen molar-refractivity contribution in [2.24, 2.45) is 0 Å². The van der Waals surface area contributed by atoms with Crippen LogP contribution in [0, 0.1) is 0 Å². The van der Waals surface area contributed by atoms with Gasteiger partial charge in [0.2, 0.25) is 10.0 Å². The Labute approximate surface area is 114 Å². The van der Waals surface area contributed by atoms with Gasteiger partial charge in [-0.3, -0.25) is 0 Å². The normalized spacial score (nSPS) is 18.6. The first-order valence-electron chi connectivity index (χ1n) is 6.47. The fourth-order valence-electron chi connectivity index (χ4n) is 2.21. The molecule has 0 aromatic carbocycles. The second kappa shape index (κ2) is 5.85. The fraction of sp³-hybridized carbons (Fsp3) is 0.583. The Kier molecular flexibility index (Phi) is 4.38. The van der Waals surface area contributed by atoms with Crippen molar-refractivity contribution < 1.29 is 8.42 Å². The lowest BCUT2D eigenvalue weighted by Crippen LogP contribution is -2.44. The average molecular weight is 284 g/mol. The summed E-state index contributed by atoms with van der Waals surface area (Å²) in [4.78, 5) is 6.30. The molecule has 0 bridgehead atoms. The van der Waals surface area contributed by atoms with Crippen LogP contribution in [0.1, 0.15) is 19.8 Å². The third kappa shape index (κ3) is 3.65. The van der Waals surface area contributed by atoms with Gasteiger partial charge in [0.05, 0.1) is 0 Å². The van der Waals surface area contributed by atoms with Crippen molar-refractivity contribution in [1.82, 2.24) is 14.6 Å². The Hall–Kier alpha value is -1.18. The van der Waals surface area contributed by atoms with E-state index in [2.05, 4.69) is 21.5 Å². The zero-order valence-electron chi connectivity index (χ0n) is 11.0. The molecule has 3 N–H and O–H groups in total. The summed E-state index contributed by atoms with van der Waals surface area (Å²) in [6, 6.07) is 2.98. The van der Waals surface area contributed by atoms with Crippen LogP contribution >= 0.6 is 0 Å². The van der Waals surface area contributed by atoms with Crippen molar-refractivity contribution in [2.45, 2.75) is 30.7 Å². The number of piperidine rings is 1. The molecule has 2 rings (SSSR count). The van der Waals surface area contributed by atoms with Crippen LogP contribution in [-0.4, -0.2) is 44.0 Å². The fourth-order valence-corrected chi connectivity index (χ4v) is 3.45. The van der Waals surface area contributed by atoms with Gasteiger partial charge in [0.25, 0.3) is 0 Å². The maximum Gasteiger partial charge on any atom is 0.242 e. The maximum atomic E-state index is 12.2. The van der Waals surface area contributed by atoms with Gasteiger partial charge < -0.3 is 10.6 Å². The van der Waals surface area contributed by atoms with Crippen LogP contribution < -0.4 is 10.5 Å². The first-order valence-corrected chi connectivity index (χ1v) is 7.96. The van der Waals surface area contributed by atoms with Gasteiger partial charge in [0.1, 0.15) is 10.7 Å². The van der Waals surface area contributed by atoms with Gasteiger partial charge in [0, 0.05) is 12.2 Å². The number of rotatable bonds is 4. The van der Waals surface area contributed by atoms with Crippen molar-refractivity contribution in [2.75, 3.05) is 25.4 Å². The van der Waals surface area contributed by atoms with E-state index >= 15 is 0 Å². The zero-order chi connectivity index (χ0) is 13.9. The average Bonchev–Trinajstić information content (AvgIpc) is 2.40. The summed E-state index contributed by atoms with van der Waals surface area (Å²) >= 11 is 0. The molecule has 0 atom stereocenters. The highest BCUT2D eigenvalue weighted by Gasteiger charge is 2.24. The molecule has 0 unspecified atom stereocenters. The lowest BCUT2D eigenvalue weighted by Gasteiger charge is -2.31. The molecule has 1 aliphatic heterocycles. The van der Waals surface area contributed by atoms with Crippen LogP contribution in [0.3, 0.4) is 0 Å². The van der Waals surface area contributed by atoms with Gasteiger partial charge in [-0.25, -0.2) is 18.1 Å². The van der Waals surface area contributed by atoms with Crippen LogP contribution in [0.4, 0.5) is 5.82 Å². The monoisotopic (exact) mass is 284 g/mol. The molecule has 2 heterocycles. The number of anilines is 1. The number of sulfonamides is 1. The molecule has 7 heteroatoms. The summed E-state index contributed by atoms with van der Waals surface area (Å²) in [5, 5.41) is 0. The number of likely N-dealkylation sites (tertiary alicyclic amines) is 1. The molecule has 1 fully saturated rings. The minimum atomic E-state index is -3.49. The number of hydrogen-bond acceptors (Lipinski definition) is 5.